The Balaban J connectivity index is 2.10. The standard InChI is InChI=1S/C20H20N2/c1-14-2-4-15(5-3-14)20(16-6-10-18(21)11-7-16)17-8-12-19(22)13-9-17/h2-13,20H,21-22H2,1H3. The third kappa shape index (κ3) is 2.96. The highest BCUT2D eigenvalue weighted by Gasteiger charge is 2.16. The Morgan fingerprint density at radius 2 is 0.864 bits per heavy atom. The lowest BCUT2D eigenvalue weighted by Crippen LogP contribution is -2.04. The Kier molecular flexibility index (Phi) is 3.84. The molecule has 110 valence electrons. The van der Waals surface area contributed by atoms with E-state index >= 15 is 0 Å². The number of hydrogen-bond donors (Lipinski definition) is 2. The fraction of sp³-hybridized carbons (Fsp3) is 0.100. The summed E-state index contributed by atoms with van der Waals surface area (Å²) in [4.78, 5) is 0. The van der Waals surface area contributed by atoms with Gasteiger partial charge in [-0.25, -0.2) is 0 Å². The van der Waals surface area contributed by atoms with Crippen LogP contribution in [-0.4, -0.2) is 0 Å². The third-order valence-corrected chi connectivity index (χ3v) is 3.95. The van der Waals surface area contributed by atoms with E-state index in [0.29, 0.717) is 0 Å². The molecule has 0 aliphatic heterocycles. The number of rotatable bonds is 3. The summed E-state index contributed by atoms with van der Waals surface area (Å²) in [5, 5.41) is 0. The Labute approximate surface area is 131 Å². The second-order valence-electron chi connectivity index (χ2n) is 5.68. The van der Waals surface area contributed by atoms with Gasteiger partial charge < -0.3 is 11.5 Å². The molecule has 0 bridgehead atoms. The fourth-order valence-electron chi connectivity index (χ4n) is 2.71. The zero-order chi connectivity index (χ0) is 15.5. The second-order valence-corrected chi connectivity index (χ2v) is 5.68. The first-order valence-electron chi connectivity index (χ1n) is 7.41. The highest BCUT2D eigenvalue weighted by Crippen LogP contribution is 2.32. The van der Waals surface area contributed by atoms with Crippen molar-refractivity contribution in [2.24, 2.45) is 0 Å². The lowest BCUT2D eigenvalue weighted by molar-refractivity contribution is 0.977. The molecule has 0 heterocycles. The van der Waals surface area contributed by atoms with Crippen LogP contribution in [0.5, 0.6) is 0 Å². The van der Waals surface area contributed by atoms with Gasteiger partial charge in [0.15, 0.2) is 0 Å². The first-order chi connectivity index (χ1) is 10.6. The predicted molar refractivity (Wildman–Crippen MR) is 93.8 cm³/mol. The van der Waals surface area contributed by atoms with E-state index in [0.717, 1.165) is 11.4 Å². The molecule has 3 aromatic rings. The Hall–Kier alpha value is -2.74. The van der Waals surface area contributed by atoms with Crippen molar-refractivity contribution < 1.29 is 0 Å². The van der Waals surface area contributed by atoms with E-state index in [-0.39, 0.29) is 5.92 Å². The zero-order valence-electron chi connectivity index (χ0n) is 12.7. The van der Waals surface area contributed by atoms with Crippen molar-refractivity contribution in [2.75, 3.05) is 11.5 Å². The number of nitrogen functional groups attached to an aromatic ring is 2. The van der Waals surface area contributed by atoms with Gasteiger partial charge in [0, 0.05) is 17.3 Å². The molecule has 0 aliphatic rings. The Bertz CT molecular complexity index is 633. The SMILES string of the molecule is Cc1ccc(C(c2ccc(N)cc2)c2ccc(N)cc2)cc1. The minimum Gasteiger partial charge on any atom is -0.399 e. The molecule has 0 unspecified atom stereocenters. The monoisotopic (exact) mass is 288 g/mol. The third-order valence-electron chi connectivity index (χ3n) is 3.95. The van der Waals surface area contributed by atoms with E-state index in [1.807, 2.05) is 24.3 Å². The van der Waals surface area contributed by atoms with Crippen LogP contribution in [0.15, 0.2) is 72.8 Å². The van der Waals surface area contributed by atoms with Crippen LogP contribution in [0.3, 0.4) is 0 Å². The van der Waals surface area contributed by atoms with E-state index in [1.54, 1.807) is 0 Å². The van der Waals surface area contributed by atoms with Crippen LogP contribution in [0.4, 0.5) is 11.4 Å². The van der Waals surface area contributed by atoms with Gasteiger partial charge in [-0.15, -0.1) is 0 Å². The van der Waals surface area contributed by atoms with Crippen LogP contribution in [0.25, 0.3) is 0 Å². The van der Waals surface area contributed by atoms with Crippen LogP contribution < -0.4 is 11.5 Å². The molecule has 0 fully saturated rings. The lowest BCUT2D eigenvalue weighted by Gasteiger charge is -2.19. The molecule has 2 nitrogen and oxygen atoms in total. The molecular weight excluding hydrogens is 268 g/mol. The summed E-state index contributed by atoms with van der Waals surface area (Å²) >= 11 is 0. The average molecular weight is 288 g/mol. The quantitative estimate of drug-likeness (QED) is 0.556. The summed E-state index contributed by atoms with van der Waals surface area (Å²) in [6.07, 6.45) is 0. The van der Waals surface area contributed by atoms with E-state index < -0.39 is 0 Å². The highest BCUT2D eigenvalue weighted by molar-refractivity contribution is 5.50. The fourth-order valence-corrected chi connectivity index (χ4v) is 2.71. The van der Waals surface area contributed by atoms with Gasteiger partial charge >= 0.3 is 0 Å². The molecule has 0 spiro atoms. The Morgan fingerprint density at radius 1 is 0.545 bits per heavy atom. The maximum absolute atomic E-state index is 5.83. The van der Waals surface area contributed by atoms with Gasteiger partial charge in [-0.05, 0) is 47.9 Å². The summed E-state index contributed by atoms with van der Waals surface area (Å²) in [7, 11) is 0. The molecule has 3 rings (SSSR count). The smallest absolute Gasteiger partial charge is 0.0340 e. The summed E-state index contributed by atoms with van der Waals surface area (Å²) < 4.78 is 0. The van der Waals surface area contributed by atoms with Gasteiger partial charge in [0.25, 0.3) is 0 Å². The van der Waals surface area contributed by atoms with Crippen molar-refractivity contribution in [3.8, 4) is 0 Å². The van der Waals surface area contributed by atoms with Crippen LogP contribution in [-0.2, 0) is 0 Å². The van der Waals surface area contributed by atoms with Crippen molar-refractivity contribution in [3.63, 3.8) is 0 Å². The minimum atomic E-state index is 0.182. The summed E-state index contributed by atoms with van der Waals surface area (Å²) in [5.74, 6) is 0.182. The largest absolute Gasteiger partial charge is 0.399 e. The molecule has 2 heteroatoms. The number of benzene rings is 3. The van der Waals surface area contributed by atoms with E-state index in [1.165, 1.54) is 22.3 Å². The number of nitrogens with two attached hydrogens (primary N) is 2. The number of hydrogen-bond acceptors (Lipinski definition) is 2. The van der Waals surface area contributed by atoms with Crippen LogP contribution >= 0.6 is 0 Å². The molecule has 0 radical (unpaired) electrons. The topological polar surface area (TPSA) is 52.0 Å². The predicted octanol–water partition coefficient (Wildman–Crippen LogP) is 4.34. The number of anilines is 2. The molecule has 4 N–H and O–H groups in total. The maximum Gasteiger partial charge on any atom is 0.0340 e. The molecule has 0 aromatic heterocycles. The number of aryl methyl sites for hydroxylation is 1. The lowest BCUT2D eigenvalue weighted by atomic mass is 9.85. The van der Waals surface area contributed by atoms with Gasteiger partial charge in [-0.2, -0.15) is 0 Å². The normalized spacial score (nSPS) is 10.8. The van der Waals surface area contributed by atoms with Gasteiger partial charge in [0.05, 0.1) is 0 Å². The summed E-state index contributed by atoms with van der Waals surface area (Å²) in [6, 6.07) is 24.9. The first kappa shape index (κ1) is 14.2. The van der Waals surface area contributed by atoms with Crippen LogP contribution in [0.2, 0.25) is 0 Å². The highest BCUT2D eigenvalue weighted by atomic mass is 14.5. The summed E-state index contributed by atoms with van der Waals surface area (Å²) in [5.41, 5.74) is 18.2. The molecule has 22 heavy (non-hydrogen) atoms. The van der Waals surface area contributed by atoms with Crippen molar-refractivity contribution in [3.05, 3.63) is 95.1 Å². The van der Waals surface area contributed by atoms with Crippen LogP contribution in [0, 0.1) is 6.92 Å². The average Bonchev–Trinajstić information content (AvgIpc) is 2.53. The van der Waals surface area contributed by atoms with Crippen LogP contribution in [0.1, 0.15) is 28.2 Å². The Morgan fingerprint density at radius 3 is 1.23 bits per heavy atom. The van der Waals surface area contributed by atoms with E-state index in [4.69, 9.17) is 11.5 Å². The van der Waals surface area contributed by atoms with Crippen molar-refractivity contribution >= 4 is 11.4 Å². The molecule has 0 aliphatic carbocycles. The van der Waals surface area contributed by atoms with E-state index in [9.17, 15) is 0 Å². The van der Waals surface area contributed by atoms with Crippen molar-refractivity contribution in [1.82, 2.24) is 0 Å². The molecule has 0 amide bonds. The van der Waals surface area contributed by atoms with Gasteiger partial charge in [-0.3, -0.25) is 0 Å². The molecule has 0 saturated carbocycles. The minimum absolute atomic E-state index is 0.182. The summed E-state index contributed by atoms with van der Waals surface area (Å²) in [6.45, 7) is 2.10. The van der Waals surface area contributed by atoms with Gasteiger partial charge in [0.2, 0.25) is 0 Å². The molecular formula is C20H20N2. The molecule has 0 saturated heterocycles. The van der Waals surface area contributed by atoms with Crippen molar-refractivity contribution in [2.45, 2.75) is 12.8 Å². The van der Waals surface area contributed by atoms with Gasteiger partial charge in [-0.1, -0.05) is 54.1 Å². The van der Waals surface area contributed by atoms with E-state index in [2.05, 4.69) is 55.5 Å². The molecule has 3 aromatic carbocycles. The first-order valence-corrected chi connectivity index (χ1v) is 7.41. The molecule has 0 atom stereocenters. The maximum atomic E-state index is 5.83. The van der Waals surface area contributed by atoms with Gasteiger partial charge in [0.1, 0.15) is 0 Å². The van der Waals surface area contributed by atoms with Crippen molar-refractivity contribution in [1.29, 1.82) is 0 Å². The second kappa shape index (κ2) is 5.94. The zero-order valence-corrected chi connectivity index (χ0v) is 12.7.